The molecular formula is C13H20N4OS. The molecule has 19 heavy (non-hydrogen) atoms. The average Bonchev–Trinajstić information content (AvgIpc) is 3.02. The van der Waals surface area contributed by atoms with E-state index in [-0.39, 0.29) is 6.04 Å². The van der Waals surface area contributed by atoms with Gasteiger partial charge in [0, 0.05) is 12.5 Å². The summed E-state index contributed by atoms with van der Waals surface area (Å²) in [6.07, 6.45) is 3.72. The van der Waals surface area contributed by atoms with E-state index in [1.807, 2.05) is 0 Å². The van der Waals surface area contributed by atoms with Crippen LogP contribution in [0.15, 0.2) is 21.2 Å². The minimum Gasteiger partial charge on any atom is -0.408 e. The van der Waals surface area contributed by atoms with Crippen molar-refractivity contribution in [2.24, 2.45) is 5.73 Å². The maximum atomic E-state index is 5.55. The first-order chi connectivity index (χ1) is 9.28. The zero-order valence-corrected chi connectivity index (χ0v) is 11.9. The fraction of sp³-hybridized carbons (Fsp3) is 0.538. The number of unbranched alkanes of at least 4 members (excludes halogenated alkanes) is 1. The van der Waals surface area contributed by atoms with Gasteiger partial charge in [-0.1, -0.05) is 5.10 Å². The van der Waals surface area contributed by atoms with Crippen molar-refractivity contribution in [3.63, 3.8) is 0 Å². The van der Waals surface area contributed by atoms with E-state index < -0.39 is 0 Å². The molecule has 104 valence electrons. The van der Waals surface area contributed by atoms with Crippen LogP contribution in [0.5, 0.6) is 0 Å². The summed E-state index contributed by atoms with van der Waals surface area (Å²) in [5.41, 5.74) is 6.78. The summed E-state index contributed by atoms with van der Waals surface area (Å²) in [7, 11) is 0. The fourth-order valence-electron chi connectivity index (χ4n) is 1.86. The Balaban J connectivity index is 1.78. The van der Waals surface area contributed by atoms with E-state index in [1.165, 1.54) is 5.56 Å². The number of thiophene rings is 1. The highest BCUT2D eigenvalue weighted by Crippen LogP contribution is 2.13. The van der Waals surface area contributed by atoms with Gasteiger partial charge >= 0.3 is 6.01 Å². The average molecular weight is 280 g/mol. The van der Waals surface area contributed by atoms with Crippen LogP contribution in [0.3, 0.4) is 0 Å². The number of nitrogens with one attached hydrogen (secondary N) is 1. The van der Waals surface area contributed by atoms with Gasteiger partial charge < -0.3 is 15.5 Å². The van der Waals surface area contributed by atoms with E-state index in [9.17, 15) is 0 Å². The molecule has 0 fully saturated rings. The van der Waals surface area contributed by atoms with Crippen LogP contribution in [0.1, 0.15) is 31.2 Å². The van der Waals surface area contributed by atoms with Crippen molar-refractivity contribution < 1.29 is 4.42 Å². The van der Waals surface area contributed by atoms with E-state index in [4.69, 9.17) is 10.2 Å². The van der Waals surface area contributed by atoms with Crippen molar-refractivity contribution >= 4 is 17.4 Å². The van der Waals surface area contributed by atoms with Crippen LogP contribution in [0.2, 0.25) is 0 Å². The van der Waals surface area contributed by atoms with Crippen LogP contribution in [0.4, 0.5) is 6.01 Å². The van der Waals surface area contributed by atoms with Crippen LogP contribution < -0.4 is 11.1 Å². The number of hydrogen-bond donors (Lipinski definition) is 2. The summed E-state index contributed by atoms with van der Waals surface area (Å²) in [5, 5.41) is 15.5. The summed E-state index contributed by atoms with van der Waals surface area (Å²) in [6.45, 7) is 2.81. The summed E-state index contributed by atoms with van der Waals surface area (Å²) >= 11 is 1.71. The van der Waals surface area contributed by atoms with Crippen molar-refractivity contribution in [2.45, 2.75) is 38.6 Å². The molecule has 2 aromatic rings. The lowest BCUT2D eigenvalue weighted by Crippen LogP contribution is -2.17. The SMILES string of the molecule is CC(Cc1ccsc1)Nc1nnc(CCCCN)o1. The van der Waals surface area contributed by atoms with Gasteiger partial charge in [-0.05, 0) is 55.1 Å². The van der Waals surface area contributed by atoms with E-state index in [0.717, 1.165) is 25.7 Å². The van der Waals surface area contributed by atoms with Gasteiger partial charge in [0.15, 0.2) is 0 Å². The molecule has 0 saturated carbocycles. The maximum absolute atomic E-state index is 5.55. The first-order valence-electron chi connectivity index (χ1n) is 6.58. The molecule has 1 atom stereocenters. The lowest BCUT2D eigenvalue weighted by molar-refractivity contribution is 0.488. The first-order valence-corrected chi connectivity index (χ1v) is 7.52. The molecule has 0 radical (unpaired) electrons. The summed E-state index contributed by atoms with van der Waals surface area (Å²) in [4.78, 5) is 0. The van der Waals surface area contributed by atoms with Crippen molar-refractivity contribution in [3.8, 4) is 0 Å². The Bertz CT molecular complexity index is 469. The molecule has 0 amide bonds. The topological polar surface area (TPSA) is 77.0 Å². The molecule has 2 heterocycles. The molecule has 0 spiro atoms. The molecule has 3 N–H and O–H groups in total. The number of aromatic nitrogens is 2. The van der Waals surface area contributed by atoms with Crippen LogP contribution in [0.25, 0.3) is 0 Å². The molecule has 1 unspecified atom stereocenters. The van der Waals surface area contributed by atoms with E-state index in [2.05, 4.69) is 39.3 Å². The molecular weight excluding hydrogens is 260 g/mol. The molecule has 6 heteroatoms. The number of nitrogens with zero attached hydrogens (tertiary/aromatic N) is 2. The third-order valence-corrected chi connectivity index (χ3v) is 3.54. The van der Waals surface area contributed by atoms with E-state index in [1.54, 1.807) is 11.3 Å². The summed E-state index contributed by atoms with van der Waals surface area (Å²) in [5.74, 6) is 0.679. The third kappa shape index (κ3) is 4.65. The Morgan fingerprint density at radius 1 is 1.42 bits per heavy atom. The lowest BCUT2D eigenvalue weighted by atomic mass is 10.1. The number of aryl methyl sites for hydroxylation is 1. The Kier molecular flexibility index (Phi) is 5.35. The van der Waals surface area contributed by atoms with Gasteiger partial charge in [0.2, 0.25) is 5.89 Å². The van der Waals surface area contributed by atoms with Crippen molar-refractivity contribution in [2.75, 3.05) is 11.9 Å². The van der Waals surface area contributed by atoms with Gasteiger partial charge in [0.1, 0.15) is 0 Å². The standard InChI is InChI=1S/C13H20N4OS/c1-10(8-11-5-7-19-9-11)15-13-17-16-12(18-13)4-2-3-6-14/h5,7,9-10H,2-4,6,8,14H2,1H3,(H,15,17). The zero-order chi connectivity index (χ0) is 13.5. The fourth-order valence-corrected chi connectivity index (χ4v) is 2.54. The van der Waals surface area contributed by atoms with E-state index >= 15 is 0 Å². The van der Waals surface area contributed by atoms with Gasteiger partial charge in [-0.3, -0.25) is 0 Å². The zero-order valence-electron chi connectivity index (χ0n) is 11.1. The second kappa shape index (κ2) is 7.25. The Labute approximate surface area is 117 Å². The molecule has 5 nitrogen and oxygen atoms in total. The molecule has 0 saturated heterocycles. The van der Waals surface area contributed by atoms with Crippen LogP contribution in [0, 0.1) is 0 Å². The van der Waals surface area contributed by atoms with Crippen molar-refractivity contribution in [1.82, 2.24) is 10.2 Å². The summed E-state index contributed by atoms with van der Waals surface area (Å²) < 4.78 is 5.55. The van der Waals surface area contributed by atoms with Crippen LogP contribution in [-0.4, -0.2) is 22.8 Å². The van der Waals surface area contributed by atoms with Gasteiger partial charge in [-0.25, -0.2) is 0 Å². The molecule has 2 aromatic heterocycles. The normalized spacial score (nSPS) is 12.5. The third-order valence-electron chi connectivity index (χ3n) is 2.80. The lowest BCUT2D eigenvalue weighted by Gasteiger charge is -2.10. The second-order valence-electron chi connectivity index (χ2n) is 4.63. The van der Waals surface area contributed by atoms with Gasteiger partial charge in [-0.15, -0.1) is 5.10 Å². The maximum Gasteiger partial charge on any atom is 0.315 e. The van der Waals surface area contributed by atoms with E-state index in [0.29, 0.717) is 18.5 Å². The largest absolute Gasteiger partial charge is 0.408 e. The molecule has 0 aliphatic heterocycles. The smallest absolute Gasteiger partial charge is 0.315 e. The second-order valence-corrected chi connectivity index (χ2v) is 5.41. The minimum atomic E-state index is 0.270. The monoisotopic (exact) mass is 280 g/mol. The molecule has 2 rings (SSSR count). The predicted molar refractivity (Wildman–Crippen MR) is 77.4 cm³/mol. The molecule has 0 bridgehead atoms. The molecule has 0 aliphatic rings. The number of rotatable bonds is 8. The van der Waals surface area contributed by atoms with Gasteiger partial charge in [0.25, 0.3) is 0 Å². The van der Waals surface area contributed by atoms with Gasteiger partial charge in [0.05, 0.1) is 0 Å². The number of anilines is 1. The van der Waals surface area contributed by atoms with Crippen LogP contribution in [-0.2, 0) is 12.8 Å². The quantitative estimate of drug-likeness (QED) is 0.726. The van der Waals surface area contributed by atoms with Gasteiger partial charge in [-0.2, -0.15) is 11.3 Å². The van der Waals surface area contributed by atoms with Crippen molar-refractivity contribution in [3.05, 3.63) is 28.3 Å². The molecule has 0 aliphatic carbocycles. The Morgan fingerprint density at radius 3 is 3.05 bits per heavy atom. The minimum absolute atomic E-state index is 0.270. The highest BCUT2D eigenvalue weighted by molar-refractivity contribution is 7.07. The summed E-state index contributed by atoms with van der Waals surface area (Å²) in [6, 6.07) is 2.91. The molecule has 0 aromatic carbocycles. The highest BCUT2D eigenvalue weighted by Gasteiger charge is 2.09. The number of hydrogen-bond acceptors (Lipinski definition) is 6. The van der Waals surface area contributed by atoms with Crippen molar-refractivity contribution in [1.29, 1.82) is 0 Å². The Morgan fingerprint density at radius 2 is 2.32 bits per heavy atom. The highest BCUT2D eigenvalue weighted by atomic mass is 32.1. The van der Waals surface area contributed by atoms with Crippen LogP contribution >= 0.6 is 11.3 Å². The predicted octanol–water partition coefficient (Wildman–Crippen LogP) is 2.46. The number of nitrogens with two attached hydrogens (primary N) is 1. The first kappa shape index (κ1) is 14.0. The Hall–Kier alpha value is -1.40.